The first-order valence-corrected chi connectivity index (χ1v) is 0. The van der Waals surface area contributed by atoms with E-state index in [1.807, 2.05) is 0 Å². The number of hydrogen-bond acceptors (Lipinski definition) is 0. The molecule has 0 spiro atoms. The van der Waals surface area contributed by atoms with E-state index in [1.165, 1.54) is 0 Å². The van der Waals surface area contributed by atoms with Gasteiger partial charge in [0.1, 0.15) is 0 Å². The van der Waals surface area contributed by atoms with Crippen molar-refractivity contribution in [3.8, 4) is 0 Å². The fourth-order valence-corrected chi connectivity index (χ4v) is 0. The van der Waals surface area contributed by atoms with Crippen molar-refractivity contribution < 1.29 is 38.8 Å². The molecule has 19 valence electrons. The first kappa shape index (κ1) is 37.8. The molecule has 0 amide bonds. The SMILES string of the molecule is [Al].[Fe].[Si].[Ti]. The Morgan fingerprint density at radius 1 is 1.00 bits per heavy atom. The molecule has 0 bridgehead atoms. The van der Waals surface area contributed by atoms with Gasteiger partial charge in [0, 0.05) is 67.1 Å². The summed E-state index contributed by atoms with van der Waals surface area (Å²) >= 11 is 0. The second-order valence-electron chi connectivity index (χ2n) is 0. The average molecular weight is 159 g/mol. The van der Waals surface area contributed by atoms with Gasteiger partial charge in [-0.2, -0.15) is 0 Å². The van der Waals surface area contributed by atoms with Crippen LogP contribution in [-0.4, -0.2) is 28.3 Å². The van der Waals surface area contributed by atoms with Gasteiger partial charge in [0.25, 0.3) is 0 Å². The summed E-state index contributed by atoms with van der Waals surface area (Å²) in [7, 11) is 0. The van der Waals surface area contributed by atoms with Gasteiger partial charge >= 0.3 is 0 Å². The summed E-state index contributed by atoms with van der Waals surface area (Å²) in [6, 6.07) is 0. The third-order valence-electron chi connectivity index (χ3n) is 0. The molecule has 0 atom stereocenters. The van der Waals surface area contributed by atoms with Crippen LogP contribution < -0.4 is 0 Å². The van der Waals surface area contributed by atoms with E-state index >= 15 is 0 Å². The standard InChI is InChI=1S/Al.Fe.Si.Ti. The van der Waals surface area contributed by atoms with Crippen LogP contribution in [0.2, 0.25) is 0 Å². The molecule has 0 aromatic rings. The van der Waals surface area contributed by atoms with E-state index in [0.29, 0.717) is 0 Å². The van der Waals surface area contributed by atoms with Gasteiger partial charge < -0.3 is 0 Å². The molecule has 4 heavy (non-hydrogen) atoms. The molecule has 7 radical (unpaired) electrons. The second-order valence-corrected chi connectivity index (χ2v) is 0. The third-order valence-corrected chi connectivity index (χ3v) is 0. The van der Waals surface area contributed by atoms with Crippen molar-refractivity contribution in [2.75, 3.05) is 0 Å². The molecule has 0 heterocycles. The largest absolute Gasteiger partial charge is 0 e. The summed E-state index contributed by atoms with van der Waals surface area (Å²) in [5, 5.41) is 0. The molecule has 0 aliphatic heterocycles. The predicted molar refractivity (Wildman–Crippen MR) is 11.5 cm³/mol. The van der Waals surface area contributed by atoms with Gasteiger partial charge in [0.15, 0.2) is 0 Å². The van der Waals surface area contributed by atoms with Crippen LogP contribution in [0.25, 0.3) is 0 Å². The third kappa shape index (κ3) is 9.01. The smallest absolute Gasteiger partial charge is 0 e. The molecule has 0 unspecified atom stereocenters. The van der Waals surface area contributed by atoms with Gasteiger partial charge in [-0.15, -0.1) is 0 Å². The molecule has 0 rings (SSSR count). The van der Waals surface area contributed by atoms with Crippen LogP contribution >= 0.6 is 0 Å². The van der Waals surface area contributed by atoms with E-state index in [0.717, 1.165) is 0 Å². The van der Waals surface area contributed by atoms with E-state index in [-0.39, 0.29) is 67.1 Å². The molecule has 0 aliphatic rings. The molecule has 4 heteroatoms. The summed E-state index contributed by atoms with van der Waals surface area (Å²) in [5.41, 5.74) is 0. The fraction of sp³-hybridized carbons (Fsp3) is 0. The maximum Gasteiger partial charge on any atom is 0 e. The van der Waals surface area contributed by atoms with E-state index in [9.17, 15) is 0 Å². The van der Waals surface area contributed by atoms with Crippen molar-refractivity contribution in [1.29, 1.82) is 0 Å². The molecule has 0 saturated heterocycles. The second kappa shape index (κ2) is 20.1. The molecular formula is AlFeSiTi. The van der Waals surface area contributed by atoms with Crippen LogP contribution in [-0.2, 0) is 38.8 Å². The predicted octanol–water partition coefficient (Wildman–Crippen LogP) is -0.767. The number of rotatable bonds is 0. The maximum atomic E-state index is 0. The molecular weight excluding hydrogens is 159 g/mol. The van der Waals surface area contributed by atoms with Crippen LogP contribution in [0.15, 0.2) is 0 Å². The van der Waals surface area contributed by atoms with Crippen LogP contribution in [0.1, 0.15) is 0 Å². The quantitative estimate of drug-likeness (QED) is 0.407. The molecule has 0 nitrogen and oxygen atoms in total. The van der Waals surface area contributed by atoms with Crippen LogP contribution in [0.5, 0.6) is 0 Å². The van der Waals surface area contributed by atoms with Crippen molar-refractivity contribution in [3.63, 3.8) is 0 Å². The molecule has 0 saturated carbocycles. The van der Waals surface area contributed by atoms with E-state index < -0.39 is 0 Å². The van der Waals surface area contributed by atoms with Gasteiger partial charge in [0.05, 0.1) is 0 Å². The Morgan fingerprint density at radius 3 is 1.00 bits per heavy atom. The van der Waals surface area contributed by atoms with E-state index in [4.69, 9.17) is 0 Å². The van der Waals surface area contributed by atoms with Crippen molar-refractivity contribution in [3.05, 3.63) is 0 Å². The Hall–Kier alpha value is 1.98. The minimum atomic E-state index is 0. The minimum Gasteiger partial charge on any atom is 0 e. The Kier molecular flexibility index (Phi) is 190. The van der Waals surface area contributed by atoms with Crippen molar-refractivity contribution >= 4 is 28.3 Å². The monoisotopic (exact) mass is 159 g/mol. The zero-order valence-corrected chi connectivity index (χ0v) is 6.75. The van der Waals surface area contributed by atoms with Crippen molar-refractivity contribution in [2.24, 2.45) is 0 Å². The summed E-state index contributed by atoms with van der Waals surface area (Å²) < 4.78 is 0. The van der Waals surface area contributed by atoms with E-state index in [1.54, 1.807) is 0 Å². The average Bonchev–Trinajstić information content (AvgIpc) is 0. The van der Waals surface area contributed by atoms with Crippen LogP contribution in [0.3, 0.4) is 0 Å². The van der Waals surface area contributed by atoms with Gasteiger partial charge in [-0.3, -0.25) is 0 Å². The summed E-state index contributed by atoms with van der Waals surface area (Å²) in [5.74, 6) is 0. The normalized spacial score (nSPS) is 0. The Balaban J connectivity index is 0. The van der Waals surface area contributed by atoms with Gasteiger partial charge in [-0.1, -0.05) is 0 Å². The van der Waals surface area contributed by atoms with E-state index in [2.05, 4.69) is 0 Å². The Bertz CT molecular complexity index is 8.00. The molecule has 0 aromatic carbocycles. The molecule has 0 fully saturated rings. The molecule has 0 aliphatic carbocycles. The summed E-state index contributed by atoms with van der Waals surface area (Å²) in [4.78, 5) is 0. The summed E-state index contributed by atoms with van der Waals surface area (Å²) in [6.45, 7) is 0. The zero-order valence-electron chi connectivity index (χ0n) is 1.93. The first-order chi connectivity index (χ1) is 0. The minimum absolute atomic E-state index is 0. The summed E-state index contributed by atoms with van der Waals surface area (Å²) in [6.07, 6.45) is 0. The first-order valence-electron chi connectivity index (χ1n) is 0. The van der Waals surface area contributed by atoms with Gasteiger partial charge in [-0.05, 0) is 0 Å². The van der Waals surface area contributed by atoms with Crippen LogP contribution in [0.4, 0.5) is 0 Å². The van der Waals surface area contributed by atoms with Crippen LogP contribution in [0, 0.1) is 0 Å². The molecule has 0 aromatic heterocycles. The van der Waals surface area contributed by atoms with Crippen molar-refractivity contribution in [2.45, 2.75) is 0 Å². The maximum absolute atomic E-state index is 0. The van der Waals surface area contributed by atoms with Gasteiger partial charge in [-0.25, -0.2) is 0 Å². The topological polar surface area (TPSA) is 0 Å². The Morgan fingerprint density at radius 2 is 1.00 bits per heavy atom. The molecule has 0 N–H and O–H groups in total. The Labute approximate surface area is 66.6 Å². The van der Waals surface area contributed by atoms with Gasteiger partial charge in [0.2, 0.25) is 0 Å². The number of hydrogen-bond donors (Lipinski definition) is 0. The van der Waals surface area contributed by atoms with Crippen molar-refractivity contribution in [1.82, 2.24) is 0 Å². The zero-order chi connectivity index (χ0) is 0. The fourth-order valence-electron chi connectivity index (χ4n) is 0.